The third-order valence-electron chi connectivity index (χ3n) is 3.42. The molecule has 0 spiro atoms. The Balaban J connectivity index is 1.67. The van der Waals surface area contributed by atoms with Crippen LogP contribution in [0.3, 0.4) is 0 Å². The minimum Gasteiger partial charge on any atom is -0.378 e. The van der Waals surface area contributed by atoms with E-state index >= 15 is 0 Å². The Morgan fingerprint density at radius 1 is 1.33 bits per heavy atom. The van der Waals surface area contributed by atoms with Gasteiger partial charge in [-0.2, -0.15) is 5.10 Å². The van der Waals surface area contributed by atoms with Crippen LogP contribution in [-0.4, -0.2) is 47.4 Å². The first kappa shape index (κ1) is 13.6. The first-order valence-corrected chi connectivity index (χ1v) is 6.84. The normalized spacial score (nSPS) is 15.0. The van der Waals surface area contributed by atoms with Crippen molar-refractivity contribution < 1.29 is 9.53 Å². The lowest BCUT2D eigenvalue weighted by molar-refractivity contribution is 0.102. The van der Waals surface area contributed by atoms with Crippen LogP contribution in [0.1, 0.15) is 16.1 Å². The minimum absolute atomic E-state index is 0.192. The summed E-state index contributed by atoms with van der Waals surface area (Å²) >= 11 is 0. The molecule has 0 radical (unpaired) electrons. The van der Waals surface area contributed by atoms with Crippen molar-refractivity contribution in [2.75, 3.05) is 36.5 Å². The standard InChI is InChI=1S/C14H17N5O2/c1-10-12(9-16-18-10)14(20)17-11-2-3-13(15-8-11)19-4-6-21-7-5-19/h2-3,8-9H,4-7H2,1H3,(H,16,18)(H,17,20). The molecule has 3 rings (SSSR count). The van der Waals surface area contributed by atoms with Gasteiger partial charge in [0, 0.05) is 18.8 Å². The zero-order valence-electron chi connectivity index (χ0n) is 11.8. The number of morpholine rings is 1. The second-order valence-electron chi connectivity index (χ2n) is 4.87. The molecule has 1 aliphatic heterocycles. The minimum atomic E-state index is -0.192. The molecule has 2 N–H and O–H groups in total. The number of hydrogen-bond acceptors (Lipinski definition) is 5. The molecule has 2 aromatic heterocycles. The third kappa shape index (κ3) is 3.03. The number of rotatable bonds is 3. The predicted octanol–water partition coefficient (Wildman–Crippen LogP) is 1.20. The molecule has 0 atom stereocenters. The smallest absolute Gasteiger partial charge is 0.259 e. The van der Waals surface area contributed by atoms with Gasteiger partial charge in [-0.25, -0.2) is 4.98 Å². The monoisotopic (exact) mass is 287 g/mol. The van der Waals surface area contributed by atoms with Crippen molar-refractivity contribution >= 4 is 17.4 Å². The van der Waals surface area contributed by atoms with Crippen LogP contribution in [0.25, 0.3) is 0 Å². The van der Waals surface area contributed by atoms with Crippen LogP contribution in [0.4, 0.5) is 11.5 Å². The number of ether oxygens (including phenoxy) is 1. The molecular weight excluding hydrogens is 270 g/mol. The molecule has 1 aliphatic rings. The summed E-state index contributed by atoms with van der Waals surface area (Å²) in [6.07, 6.45) is 3.18. The number of aryl methyl sites for hydroxylation is 1. The fourth-order valence-corrected chi connectivity index (χ4v) is 2.22. The van der Waals surface area contributed by atoms with Crippen molar-refractivity contribution in [2.24, 2.45) is 0 Å². The lowest BCUT2D eigenvalue weighted by Gasteiger charge is -2.27. The molecule has 3 heterocycles. The first-order chi connectivity index (χ1) is 10.2. The number of H-pyrrole nitrogens is 1. The molecule has 2 aromatic rings. The Morgan fingerprint density at radius 3 is 2.76 bits per heavy atom. The average Bonchev–Trinajstić information content (AvgIpc) is 2.95. The number of pyridine rings is 1. The number of aromatic nitrogens is 3. The highest BCUT2D eigenvalue weighted by molar-refractivity contribution is 6.04. The molecule has 0 bridgehead atoms. The summed E-state index contributed by atoms with van der Waals surface area (Å²) in [7, 11) is 0. The Labute approximate surface area is 122 Å². The maximum Gasteiger partial charge on any atom is 0.259 e. The van der Waals surface area contributed by atoms with Gasteiger partial charge in [-0.05, 0) is 19.1 Å². The van der Waals surface area contributed by atoms with Gasteiger partial charge in [-0.3, -0.25) is 9.89 Å². The van der Waals surface area contributed by atoms with Gasteiger partial charge in [-0.15, -0.1) is 0 Å². The van der Waals surface area contributed by atoms with E-state index in [4.69, 9.17) is 4.74 Å². The van der Waals surface area contributed by atoms with E-state index in [2.05, 4.69) is 25.4 Å². The van der Waals surface area contributed by atoms with Crippen molar-refractivity contribution in [3.63, 3.8) is 0 Å². The van der Waals surface area contributed by atoms with Crippen LogP contribution in [0.5, 0.6) is 0 Å². The molecule has 21 heavy (non-hydrogen) atoms. The lowest BCUT2D eigenvalue weighted by Crippen LogP contribution is -2.36. The highest BCUT2D eigenvalue weighted by atomic mass is 16.5. The summed E-state index contributed by atoms with van der Waals surface area (Å²) in [5.41, 5.74) is 1.94. The van der Waals surface area contributed by atoms with Gasteiger partial charge in [0.2, 0.25) is 0 Å². The molecule has 1 fully saturated rings. The largest absolute Gasteiger partial charge is 0.378 e. The van der Waals surface area contributed by atoms with Gasteiger partial charge in [0.05, 0.1) is 36.9 Å². The Hall–Kier alpha value is -2.41. The summed E-state index contributed by atoms with van der Waals surface area (Å²) in [5.74, 6) is 0.706. The van der Waals surface area contributed by atoms with Crippen LogP contribution in [-0.2, 0) is 4.74 Å². The average molecular weight is 287 g/mol. The summed E-state index contributed by atoms with van der Waals surface area (Å²) in [6.45, 7) is 4.93. The second kappa shape index (κ2) is 5.92. The van der Waals surface area contributed by atoms with Gasteiger partial charge < -0.3 is 15.0 Å². The van der Waals surface area contributed by atoms with Gasteiger partial charge in [0.25, 0.3) is 5.91 Å². The molecule has 1 saturated heterocycles. The number of anilines is 2. The van der Waals surface area contributed by atoms with E-state index in [0.29, 0.717) is 11.3 Å². The van der Waals surface area contributed by atoms with E-state index in [1.807, 2.05) is 19.1 Å². The molecule has 0 aliphatic carbocycles. The maximum absolute atomic E-state index is 12.1. The second-order valence-corrected chi connectivity index (χ2v) is 4.87. The van der Waals surface area contributed by atoms with Crippen LogP contribution < -0.4 is 10.2 Å². The molecule has 0 saturated carbocycles. The number of nitrogens with one attached hydrogen (secondary N) is 2. The van der Waals surface area contributed by atoms with Gasteiger partial charge >= 0.3 is 0 Å². The molecular formula is C14H17N5O2. The maximum atomic E-state index is 12.1. The van der Waals surface area contributed by atoms with E-state index in [0.717, 1.165) is 37.8 Å². The number of amides is 1. The molecule has 7 nitrogen and oxygen atoms in total. The number of carbonyl (C=O) groups is 1. The van der Waals surface area contributed by atoms with Crippen molar-refractivity contribution in [2.45, 2.75) is 6.92 Å². The van der Waals surface area contributed by atoms with Crippen LogP contribution in [0.2, 0.25) is 0 Å². The third-order valence-corrected chi connectivity index (χ3v) is 3.42. The lowest BCUT2D eigenvalue weighted by atomic mass is 10.2. The summed E-state index contributed by atoms with van der Waals surface area (Å²) in [6, 6.07) is 3.76. The van der Waals surface area contributed by atoms with Crippen LogP contribution >= 0.6 is 0 Å². The highest BCUT2D eigenvalue weighted by Crippen LogP contribution is 2.16. The highest BCUT2D eigenvalue weighted by Gasteiger charge is 2.13. The zero-order chi connectivity index (χ0) is 14.7. The molecule has 110 valence electrons. The quantitative estimate of drug-likeness (QED) is 0.886. The zero-order valence-corrected chi connectivity index (χ0v) is 11.8. The van der Waals surface area contributed by atoms with E-state index in [9.17, 15) is 4.79 Å². The van der Waals surface area contributed by atoms with E-state index < -0.39 is 0 Å². The fraction of sp³-hybridized carbons (Fsp3) is 0.357. The number of carbonyl (C=O) groups excluding carboxylic acids is 1. The Morgan fingerprint density at radius 2 is 2.14 bits per heavy atom. The Kier molecular flexibility index (Phi) is 3.83. The molecule has 7 heteroatoms. The first-order valence-electron chi connectivity index (χ1n) is 6.84. The summed E-state index contributed by atoms with van der Waals surface area (Å²) in [4.78, 5) is 18.6. The molecule has 1 amide bonds. The fourth-order valence-electron chi connectivity index (χ4n) is 2.22. The Bertz CT molecular complexity index is 617. The van der Waals surface area contributed by atoms with Crippen molar-refractivity contribution in [1.82, 2.24) is 15.2 Å². The number of nitrogens with zero attached hydrogens (tertiary/aromatic N) is 3. The van der Waals surface area contributed by atoms with E-state index in [1.54, 1.807) is 6.20 Å². The summed E-state index contributed by atoms with van der Waals surface area (Å²) < 4.78 is 5.31. The van der Waals surface area contributed by atoms with Crippen LogP contribution in [0, 0.1) is 6.92 Å². The topological polar surface area (TPSA) is 83.1 Å². The van der Waals surface area contributed by atoms with Gasteiger partial charge in [0.15, 0.2) is 0 Å². The van der Waals surface area contributed by atoms with E-state index in [1.165, 1.54) is 6.20 Å². The van der Waals surface area contributed by atoms with Gasteiger partial charge in [-0.1, -0.05) is 0 Å². The van der Waals surface area contributed by atoms with Crippen molar-refractivity contribution in [3.8, 4) is 0 Å². The molecule has 0 unspecified atom stereocenters. The number of hydrogen-bond donors (Lipinski definition) is 2. The predicted molar refractivity (Wildman–Crippen MR) is 78.5 cm³/mol. The molecule has 0 aromatic carbocycles. The summed E-state index contributed by atoms with van der Waals surface area (Å²) in [5, 5.41) is 9.39. The van der Waals surface area contributed by atoms with Crippen molar-refractivity contribution in [3.05, 3.63) is 35.8 Å². The van der Waals surface area contributed by atoms with Crippen LogP contribution in [0.15, 0.2) is 24.5 Å². The van der Waals surface area contributed by atoms with Crippen molar-refractivity contribution in [1.29, 1.82) is 0 Å². The SMILES string of the molecule is Cc1[nH]ncc1C(=O)Nc1ccc(N2CCOCC2)nc1. The van der Waals surface area contributed by atoms with E-state index in [-0.39, 0.29) is 5.91 Å². The van der Waals surface area contributed by atoms with Gasteiger partial charge in [0.1, 0.15) is 5.82 Å². The number of aromatic amines is 1.